The number of hydrogen-bond donors (Lipinski definition) is 2. The van der Waals surface area contributed by atoms with Crippen LogP contribution in [0.4, 0.5) is 0 Å². The molecule has 0 saturated heterocycles. The van der Waals surface area contributed by atoms with E-state index in [1.165, 1.54) is 44.9 Å². The van der Waals surface area contributed by atoms with Gasteiger partial charge in [-0.15, -0.1) is 0 Å². The van der Waals surface area contributed by atoms with E-state index in [1.54, 1.807) is 0 Å². The molecule has 4 aliphatic carbocycles. The molecule has 0 aromatic heterocycles. The average Bonchev–Trinajstić information content (AvgIpc) is 2.85. The first-order valence-corrected chi connectivity index (χ1v) is 10.9. The van der Waals surface area contributed by atoms with Gasteiger partial charge in [0, 0.05) is 0 Å². The van der Waals surface area contributed by atoms with Crippen molar-refractivity contribution in [3.63, 3.8) is 0 Å². The summed E-state index contributed by atoms with van der Waals surface area (Å²) in [5.41, 5.74) is -0.192. The van der Waals surface area contributed by atoms with Gasteiger partial charge in [-0.1, -0.05) is 13.8 Å². The van der Waals surface area contributed by atoms with Gasteiger partial charge in [0.25, 0.3) is 0 Å². The molecule has 144 valence electrons. The maximum Gasteiger partial charge on any atom is 0.0625 e. The predicted octanol–water partition coefficient (Wildman–Crippen LogP) is 5.17. The first-order valence-electron chi connectivity index (χ1n) is 10.9. The van der Waals surface area contributed by atoms with Gasteiger partial charge in [0.15, 0.2) is 0 Å². The van der Waals surface area contributed by atoms with Gasteiger partial charge in [0.2, 0.25) is 0 Å². The molecule has 0 radical (unpaired) electrons. The molecule has 4 aliphatic rings. The molecule has 0 amide bonds. The lowest BCUT2D eigenvalue weighted by atomic mass is 9.43. The summed E-state index contributed by atoms with van der Waals surface area (Å²) >= 11 is 0. The van der Waals surface area contributed by atoms with Gasteiger partial charge in [0.05, 0.1) is 11.2 Å². The Bertz CT molecular complexity index is 533. The van der Waals surface area contributed by atoms with E-state index >= 15 is 0 Å². The standard InChI is InChI=1S/C23H40O2/c1-20(2,24)19-9-8-17-16-7-6-15-14-21(3,25)12-13-22(15,4)18(16)10-11-23(17,19)5/h15-19,24-25H,6-14H2,1-5H3/t15?,16-,17-,18?,19+,21+,22-,23-/m0/s1. The highest BCUT2D eigenvalue weighted by Crippen LogP contribution is 2.68. The minimum Gasteiger partial charge on any atom is -0.390 e. The van der Waals surface area contributed by atoms with Crippen molar-refractivity contribution in [1.29, 1.82) is 0 Å². The zero-order valence-electron chi connectivity index (χ0n) is 17.1. The second-order valence-electron chi connectivity index (χ2n) is 11.7. The van der Waals surface area contributed by atoms with E-state index in [2.05, 4.69) is 20.8 Å². The number of hydrogen-bond acceptors (Lipinski definition) is 2. The van der Waals surface area contributed by atoms with Crippen LogP contribution in [0.2, 0.25) is 0 Å². The van der Waals surface area contributed by atoms with Crippen LogP contribution >= 0.6 is 0 Å². The quantitative estimate of drug-likeness (QED) is 0.686. The molecule has 2 N–H and O–H groups in total. The molecule has 0 heterocycles. The predicted molar refractivity (Wildman–Crippen MR) is 102 cm³/mol. The Hall–Kier alpha value is -0.0800. The normalized spacial score (nSPS) is 56.0. The molecule has 4 rings (SSSR count). The van der Waals surface area contributed by atoms with Crippen molar-refractivity contribution in [2.24, 2.45) is 40.4 Å². The van der Waals surface area contributed by atoms with Crippen molar-refractivity contribution in [2.45, 2.75) is 104 Å². The molecule has 25 heavy (non-hydrogen) atoms. The molecule has 2 nitrogen and oxygen atoms in total. The van der Waals surface area contributed by atoms with Crippen LogP contribution in [-0.4, -0.2) is 21.4 Å². The summed E-state index contributed by atoms with van der Waals surface area (Å²) in [6.07, 6.45) is 11.1. The minimum atomic E-state index is -0.541. The first kappa shape index (κ1) is 18.3. The molecule has 0 aliphatic heterocycles. The second-order valence-corrected chi connectivity index (χ2v) is 11.7. The molecule has 4 fully saturated rings. The summed E-state index contributed by atoms with van der Waals surface area (Å²) < 4.78 is 0. The Morgan fingerprint density at radius 2 is 1.48 bits per heavy atom. The largest absolute Gasteiger partial charge is 0.390 e. The van der Waals surface area contributed by atoms with Crippen molar-refractivity contribution in [2.75, 3.05) is 0 Å². The SMILES string of the molecule is CC(C)(O)[C@H]1CC[C@H]2[C@@H]3CCC4C[C@](C)(O)CC[C@]4(C)C3CC[C@]12C. The van der Waals surface area contributed by atoms with Crippen LogP contribution < -0.4 is 0 Å². The van der Waals surface area contributed by atoms with Gasteiger partial charge in [-0.2, -0.15) is 0 Å². The van der Waals surface area contributed by atoms with Crippen molar-refractivity contribution >= 4 is 0 Å². The topological polar surface area (TPSA) is 40.5 Å². The summed E-state index contributed by atoms with van der Waals surface area (Å²) in [7, 11) is 0. The lowest BCUT2D eigenvalue weighted by Gasteiger charge is -2.62. The maximum absolute atomic E-state index is 10.8. The van der Waals surface area contributed by atoms with Gasteiger partial charge in [-0.25, -0.2) is 0 Å². The van der Waals surface area contributed by atoms with Crippen LogP contribution in [0.5, 0.6) is 0 Å². The van der Waals surface area contributed by atoms with Crippen LogP contribution in [0.1, 0.15) is 92.4 Å². The van der Waals surface area contributed by atoms with Crippen LogP contribution in [0, 0.1) is 40.4 Å². The Balaban J connectivity index is 1.60. The van der Waals surface area contributed by atoms with Gasteiger partial charge >= 0.3 is 0 Å². The molecular formula is C23H40O2. The Morgan fingerprint density at radius 3 is 2.16 bits per heavy atom. The van der Waals surface area contributed by atoms with Crippen LogP contribution in [0.3, 0.4) is 0 Å². The Morgan fingerprint density at radius 1 is 0.800 bits per heavy atom. The minimum absolute atomic E-state index is 0.336. The van der Waals surface area contributed by atoms with Crippen LogP contribution in [0.25, 0.3) is 0 Å². The Kier molecular flexibility index (Phi) is 4.00. The summed E-state index contributed by atoms with van der Waals surface area (Å²) in [6.45, 7) is 11.2. The Labute approximate surface area is 154 Å². The molecule has 0 spiro atoms. The molecule has 0 aromatic rings. The molecule has 4 saturated carbocycles. The van der Waals surface area contributed by atoms with Gasteiger partial charge < -0.3 is 10.2 Å². The van der Waals surface area contributed by atoms with Crippen molar-refractivity contribution < 1.29 is 10.2 Å². The first-order chi connectivity index (χ1) is 11.5. The smallest absolute Gasteiger partial charge is 0.0625 e. The van der Waals surface area contributed by atoms with Crippen molar-refractivity contribution in [1.82, 2.24) is 0 Å². The second kappa shape index (κ2) is 5.47. The van der Waals surface area contributed by atoms with Gasteiger partial charge in [0.1, 0.15) is 0 Å². The van der Waals surface area contributed by atoms with E-state index in [9.17, 15) is 10.2 Å². The van der Waals surface area contributed by atoms with Crippen LogP contribution in [0.15, 0.2) is 0 Å². The highest BCUT2D eigenvalue weighted by atomic mass is 16.3. The zero-order chi connectivity index (χ0) is 18.3. The molecule has 0 aromatic carbocycles. The molecular weight excluding hydrogens is 308 g/mol. The third kappa shape index (κ3) is 2.64. The van der Waals surface area contributed by atoms with Gasteiger partial charge in [-0.3, -0.25) is 0 Å². The van der Waals surface area contributed by atoms with Crippen molar-refractivity contribution in [3.8, 4) is 0 Å². The van der Waals surface area contributed by atoms with Gasteiger partial charge in [-0.05, 0) is 119 Å². The van der Waals surface area contributed by atoms with E-state index in [0.717, 1.165) is 30.6 Å². The van der Waals surface area contributed by atoms with E-state index in [-0.39, 0.29) is 0 Å². The summed E-state index contributed by atoms with van der Waals surface area (Å²) in [4.78, 5) is 0. The summed E-state index contributed by atoms with van der Waals surface area (Å²) in [5.74, 6) is 3.69. The molecule has 8 atom stereocenters. The molecule has 2 heteroatoms. The molecule has 0 bridgehead atoms. The lowest BCUT2D eigenvalue weighted by molar-refractivity contribution is -0.155. The monoisotopic (exact) mass is 348 g/mol. The van der Waals surface area contributed by atoms with E-state index in [0.29, 0.717) is 22.7 Å². The van der Waals surface area contributed by atoms with E-state index in [4.69, 9.17) is 0 Å². The molecule has 2 unspecified atom stereocenters. The fourth-order valence-corrected chi connectivity index (χ4v) is 8.59. The van der Waals surface area contributed by atoms with Crippen LogP contribution in [-0.2, 0) is 0 Å². The van der Waals surface area contributed by atoms with Crippen molar-refractivity contribution in [3.05, 3.63) is 0 Å². The maximum atomic E-state index is 10.8. The highest BCUT2D eigenvalue weighted by molar-refractivity contribution is 5.11. The van der Waals surface area contributed by atoms with E-state index in [1.807, 2.05) is 13.8 Å². The fourth-order valence-electron chi connectivity index (χ4n) is 8.59. The third-order valence-electron chi connectivity index (χ3n) is 9.81. The number of rotatable bonds is 1. The highest BCUT2D eigenvalue weighted by Gasteiger charge is 2.62. The zero-order valence-corrected chi connectivity index (χ0v) is 17.1. The number of aliphatic hydroxyl groups is 2. The third-order valence-corrected chi connectivity index (χ3v) is 9.81. The fraction of sp³-hybridized carbons (Fsp3) is 1.00. The summed E-state index contributed by atoms with van der Waals surface area (Å²) in [5, 5.41) is 21.4. The van der Waals surface area contributed by atoms with E-state index < -0.39 is 11.2 Å². The lowest BCUT2D eigenvalue weighted by Crippen LogP contribution is -2.56. The summed E-state index contributed by atoms with van der Waals surface area (Å²) in [6, 6.07) is 0. The average molecular weight is 349 g/mol. The number of fused-ring (bicyclic) bond motifs is 5.